The van der Waals surface area contributed by atoms with E-state index in [9.17, 15) is 4.39 Å². The number of benzene rings is 2. The highest BCUT2D eigenvalue weighted by atomic mass is 19.1. The molecule has 1 aliphatic rings. The molecule has 1 aliphatic heterocycles. The summed E-state index contributed by atoms with van der Waals surface area (Å²) in [6, 6.07) is 14.8. The van der Waals surface area contributed by atoms with E-state index < -0.39 is 0 Å². The van der Waals surface area contributed by atoms with Gasteiger partial charge in [-0.3, -0.25) is 0 Å². The lowest BCUT2D eigenvalue weighted by molar-refractivity contribution is 0.627. The Hall–Kier alpha value is -2.62. The van der Waals surface area contributed by atoms with Crippen LogP contribution in [0, 0.1) is 12.7 Å². The smallest absolute Gasteiger partial charge is 0.133 e. The van der Waals surface area contributed by atoms with Crippen molar-refractivity contribution in [3.8, 4) is 16.9 Å². The second-order valence-electron chi connectivity index (χ2n) is 5.61. The number of nitrogens with one attached hydrogen (secondary N) is 1. The van der Waals surface area contributed by atoms with Crippen molar-refractivity contribution in [2.45, 2.75) is 13.3 Å². The minimum absolute atomic E-state index is 0.237. The molecule has 0 aliphatic carbocycles. The first kappa shape index (κ1) is 13.1. The van der Waals surface area contributed by atoms with Gasteiger partial charge in [0.05, 0.1) is 11.4 Å². The zero-order valence-electron chi connectivity index (χ0n) is 12.3. The summed E-state index contributed by atoms with van der Waals surface area (Å²) in [5.74, 6) is 0.780. The number of aryl methyl sites for hydroxylation is 1. The van der Waals surface area contributed by atoms with Gasteiger partial charge in [0.2, 0.25) is 0 Å². The van der Waals surface area contributed by atoms with Gasteiger partial charge in [-0.2, -0.15) is 5.10 Å². The Labute approximate surface area is 128 Å². The Morgan fingerprint density at radius 2 is 1.95 bits per heavy atom. The lowest BCUT2D eigenvalue weighted by Gasteiger charge is -2.06. The summed E-state index contributed by atoms with van der Waals surface area (Å²) in [6.45, 7) is 2.99. The molecule has 3 aromatic rings. The van der Waals surface area contributed by atoms with Gasteiger partial charge in [0.15, 0.2) is 0 Å². The Morgan fingerprint density at radius 3 is 2.73 bits per heavy atom. The normalized spacial score (nSPS) is 13.0. The van der Waals surface area contributed by atoms with Gasteiger partial charge < -0.3 is 5.32 Å². The number of hydrogen-bond acceptors (Lipinski definition) is 2. The van der Waals surface area contributed by atoms with Gasteiger partial charge >= 0.3 is 0 Å². The summed E-state index contributed by atoms with van der Waals surface area (Å²) in [5.41, 5.74) is 5.45. The topological polar surface area (TPSA) is 29.9 Å². The monoisotopic (exact) mass is 293 g/mol. The van der Waals surface area contributed by atoms with E-state index in [1.165, 1.54) is 23.3 Å². The van der Waals surface area contributed by atoms with Crippen molar-refractivity contribution in [2.24, 2.45) is 0 Å². The zero-order chi connectivity index (χ0) is 15.1. The van der Waals surface area contributed by atoms with Crippen molar-refractivity contribution >= 4 is 5.82 Å². The molecular formula is C18H16FN3. The van der Waals surface area contributed by atoms with Crippen LogP contribution in [-0.4, -0.2) is 16.3 Å². The van der Waals surface area contributed by atoms with Crippen LogP contribution in [0.25, 0.3) is 16.9 Å². The van der Waals surface area contributed by atoms with E-state index in [1.54, 1.807) is 12.1 Å². The van der Waals surface area contributed by atoms with Crippen LogP contribution in [0.5, 0.6) is 0 Å². The zero-order valence-corrected chi connectivity index (χ0v) is 12.3. The summed E-state index contributed by atoms with van der Waals surface area (Å²) < 4.78 is 15.0. The Morgan fingerprint density at radius 1 is 1.14 bits per heavy atom. The number of aromatic nitrogens is 2. The average molecular weight is 293 g/mol. The lowest BCUT2D eigenvalue weighted by atomic mass is 10.0. The molecule has 0 saturated heterocycles. The Kier molecular flexibility index (Phi) is 2.96. The first-order valence-electron chi connectivity index (χ1n) is 7.41. The molecule has 0 bridgehead atoms. The molecule has 0 atom stereocenters. The van der Waals surface area contributed by atoms with Gasteiger partial charge in [0, 0.05) is 17.7 Å². The number of anilines is 1. The quantitative estimate of drug-likeness (QED) is 0.775. The van der Waals surface area contributed by atoms with Gasteiger partial charge in [-0.25, -0.2) is 9.07 Å². The maximum absolute atomic E-state index is 13.1. The van der Waals surface area contributed by atoms with Crippen molar-refractivity contribution < 1.29 is 4.39 Å². The third kappa shape index (κ3) is 2.08. The fraction of sp³-hybridized carbons (Fsp3) is 0.167. The van der Waals surface area contributed by atoms with Crippen LogP contribution in [0.1, 0.15) is 11.1 Å². The minimum Gasteiger partial charge on any atom is -0.369 e. The summed E-state index contributed by atoms with van der Waals surface area (Å²) in [6.07, 6.45) is 0.958. The van der Waals surface area contributed by atoms with E-state index in [0.29, 0.717) is 0 Å². The largest absolute Gasteiger partial charge is 0.369 e. The predicted octanol–water partition coefficient (Wildman–Crippen LogP) is 3.95. The molecule has 4 heteroatoms. The fourth-order valence-electron chi connectivity index (χ4n) is 2.97. The second-order valence-corrected chi connectivity index (χ2v) is 5.61. The molecular weight excluding hydrogens is 277 g/mol. The van der Waals surface area contributed by atoms with Gasteiger partial charge in [-0.05, 0) is 43.7 Å². The number of halogens is 1. The van der Waals surface area contributed by atoms with E-state index in [2.05, 4.69) is 36.5 Å². The fourth-order valence-corrected chi connectivity index (χ4v) is 2.97. The molecule has 2 aromatic carbocycles. The molecule has 3 nitrogen and oxygen atoms in total. The van der Waals surface area contributed by atoms with Gasteiger partial charge in [-0.1, -0.05) is 23.8 Å². The molecule has 0 fully saturated rings. The first-order valence-corrected chi connectivity index (χ1v) is 7.41. The number of fused-ring (bicyclic) bond motifs is 1. The molecule has 0 amide bonds. The number of rotatable bonds is 2. The van der Waals surface area contributed by atoms with E-state index in [1.807, 2.05) is 4.68 Å². The first-order chi connectivity index (χ1) is 10.7. The van der Waals surface area contributed by atoms with Crippen LogP contribution in [0.2, 0.25) is 0 Å². The van der Waals surface area contributed by atoms with E-state index in [-0.39, 0.29) is 5.82 Å². The average Bonchev–Trinajstić information content (AvgIpc) is 3.10. The molecule has 2 heterocycles. The minimum atomic E-state index is -0.237. The maximum Gasteiger partial charge on any atom is 0.133 e. The molecule has 22 heavy (non-hydrogen) atoms. The standard InChI is InChI=1S/C18H16FN3/c1-12-3-2-4-13(11-12)17-16-9-10-20-18(16)22(21-17)15-7-5-14(19)6-8-15/h2-8,11,20H,9-10H2,1H3. The van der Waals surface area contributed by atoms with Crippen molar-refractivity contribution in [1.29, 1.82) is 0 Å². The highest BCUT2D eigenvalue weighted by Crippen LogP contribution is 2.34. The molecule has 0 saturated carbocycles. The predicted molar refractivity (Wildman–Crippen MR) is 85.9 cm³/mol. The molecule has 0 spiro atoms. The summed E-state index contributed by atoms with van der Waals surface area (Å²) in [5, 5.41) is 8.17. The van der Waals surface area contributed by atoms with E-state index in [4.69, 9.17) is 5.10 Å². The third-order valence-corrected chi connectivity index (χ3v) is 4.01. The van der Waals surface area contributed by atoms with E-state index >= 15 is 0 Å². The van der Waals surface area contributed by atoms with Crippen LogP contribution in [0.3, 0.4) is 0 Å². The molecule has 0 unspecified atom stereocenters. The van der Waals surface area contributed by atoms with Crippen molar-refractivity contribution in [2.75, 3.05) is 11.9 Å². The van der Waals surface area contributed by atoms with Crippen LogP contribution in [0.4, 0.5) is 10.2 Å². The molecule has 4 rings (SSSR count). The van der Waals surface area contributed by atoms with Crippen molar-refractivity contribution in [3.05, 3.63) is 65.5 Å². The van der Waals surface area contributed by atoms with Gasteiger partial charge in [-0.15, -0.1) is 0 Å². The highest BCUT2D eigenvalue weighted by Gasteiger charge is 2.23. The second kappa shape index (κ2) is 4.98. The third-order valence-electron chi connectivity index (χ3n) is 4.01. The van der Waals surface area contributed by atoms with Crippen LogP contribution < -0.4 is 5.32 Å². The number of hydrogen-bond donors (Lipinski definition) is 1. The lowest BCUT2D eigenvalue weighted by Crippen LogP contribution is -2.04. The van der Waals surface area contributed by atoms with Crippen LogP contribution in [-0.2, 0) is 6.42 Å². The molecule has 0 radical (unpaired) electrons. The van der Waals surface area contributed by atoms with Crippen LogP contribution >= 0.6 is 0 Å². The number of nitrogens with zero attached hydrogens (tertiary/aromatic N) is 2. The Balaban J connectivity index is 1.88. The van der Waals surface area contributed by atoms with Gasteiger partial charge in [0.25, 0.3) is 0 Å². The summed E-state index contributed by atoms with van der Waals surface area (Å²) in [4.78, 5) is 0. The SMILES string of the molecule is Cc1cccc(-c2nn(-c3ccc(F)cc3)c3c2CCN3)c1. The van der Waals surface area contributed by atoms with Crippen molar-refractivity contribution in [3.63, 3.8) is 0 Å². The van der Waals surface area contributed by atoms with Crippen molar-refractivity contribution in [1.82, 2.24) is 9.78 Å². The molecule has 1 aromatic heterocycles. The van der Waals surface area contributed by atoms with Gasteiger partial charge in [0.1, 0.15) is 11.6 Å². The molecule has 110 valence electrons. The van der Waals surface area contributed by atoms with E-state index in [0.717, 1.165) is 35.7 Å². The summed E-state index contributed by atoms with van der Waals surface area (Å²) >= 11 is 0. The Bertz CT molecular complexity index is 834. The van der Waals surface area contributed by atoms with Crippen LogP contribution in [0.15, 0.2) is 48.5 Å². The highest BCUT2D eigenvalue weighted by molar-refractivity contribution is 5.73. The molecule has 1 N–H and O–H groups in total. The summed E-state index contributed by atoms with van der Waals surface area (Å²) in [7, 11) is 0. The maximum atomic E-state index is 13.1.